The summed E-state index contributed by atoms with van der Waals surface area (Å²) in [6.45, 7) is 2.02. The van der Waals surface area contributed by atoms with Gasteiger partial charge in [0.15, 0.2) is 0 Å². The predicted molar refractivity (Wildman–Crippen MR) is 95.6 cm³/mol. The molecule has 0 spiro atoms. The number of hydrogen-bond donors (Lipinski definition) is 1. The summed E-state index contributed by atoms with van der Waals surface area (Å²) < 4.78 is 0. The van der Waals surface area contributed by atoms with E-state index in [0.717, 1.165) is 22.0 Å². The van der Waals surface area contributed by atoms with E-state index in [4.69, 9.17) is 0 Å². The molecule has 0 fully saturated rings. The molecule has 0 aliphatic rings. The standard InChI is InChI=1S/C20H20N2O/c1-15(16-8-4-3-5-9-16)22(2)20(23)21-19-13-12-17-10-6-7-11-18(17)14-19/h3-15H,1-2H3,(H,21,23). The third-order valence-corrected chi connectivity index (χ3v) is 4.18. The van der Waals surface area contributed by atoms with Crippen LogP contribution in [0.2, 0.25) is 0 Å². The van der Waals surface area contributed by atoms with E-state index in [0.29, 0.717) is 0 Å². The SMILES string of the molecule is CC(c1ccccc1)N(C)C(=O)Nc1ccc2ccccc2c1. The molecule has 1 unspecified atom stereocenters. The van der Waals surface area contributed by atoms with Crippen LogP contribution in [0.1, 0.15) is 18.5 Å². The number of urea groups is 1. The number of nitrogens with zero attached hydrogens (tertiary/aromatic N) is 1. The van der Waals surface area contributed by atoms with Crippen LogP contribution in [0, 0.1) is 0 Å². The van der Waals surface area contributed by atoms with Gasteiger partial charge in [0.05, 0.1) is 6.04 Å². The van der Waals surface area contributed by atoms with Crippen molar-refractivity contribution in [1.82, 2.24) is 4.90 Å². The smallest absolute Gasteiger partial charge is 0.321 e. The lowest BCUT2D eigenvalue weighted by Crippen LogP contribution is -2.33. The topological polar surface area (TPSA) is 32.3 Å². The van der Waals surface area contributed by atoms with Crippen molar-refractivity contribution in [2.75, 3.05) is 12.4 Å². The number of rotatable bonds is 3. The van der Waals surface area contributed by atoms with Gasteiger partial charge in [-0.05, 0) is 35.4 Å². The van der Waals surface area contributed by atoms with Gasteiger partial charge < -0.3 is 10.2 Å². The molecule has 116 valence electrons. The normalized spacial score (nSPS) is 11.9. The number of fused-ring (bicyclic) bond motifs is 1. The number of anilines is 1. The highest BCUT2D eigenvalue weighted by atomic mass is 16.2. The Bertz CT molecular complexity index is 814. The number of carbonyl (C=O) groups is 1. The van der Waals surface area contributed by atoms with Crippen LogP contribution in [0.4, 0.5) is 10.5 Å². The summed E-state index contributed by atoms with van der Waals surface area (Å²) in [4.78, 5) is 14.2. The summed E-state index contributed by atoms with van der Waals surface area (Å²) in [5.41, 5.74) is 1.92. The van der Waals surface area contributed by atoms with Crippen molar-refractivity contribution in [3.05, 3.63) is 78.4 Å². The van der Waals surface area contributed by atoms with E-state index in [1.165, 1.54) is 0 Å². The summed E-state index contributed by atoms with van der Waals surface area (Å²) in [5.74, 6) is 0. The van der Waals surface area contributed by atoms with Crippen LogP contribution in [0.25, 0.3) is 10.8 Å². The van der Waals surface area contributed by atoms with Crippen LogP contribution in [-0.4, -0.2) is 18.0 Å². The predicted octanol–water partition coefficient (Wildman–Crippen LogP) is 5.06. The molecule has 0 aliphatic carbocycles. The molecule has 3 rings (SSSR count). The summed E-state index contributed by atoms with van der Waals surface area (Å²) in [6, 6.07) is 24.0. The molecule has 3 aromatic carbocycles. The Hall–Kier alpha value is -2.81. The fraction of sp³-hybridized carbons (Fsp3) is 0.150. The quantitative estimate of drug-likeness (QED) is 0.720. The second-order valence-corrected chi connectivity index (χ2v) is 5.69. The number of hydrogen-bond acceptors (Lipinski definition) is 1. The molecule has 0 aliphatic heterocycles. The van der Waals surface area contributed by atoms with Crippen LogP contribution in [0.3, 0.4) is 0 Å². The maximum Gasteiger partial charge on any atom is 0.322 e. The highest BCUT2D eigenvalue weighted by Crippen LogP contribution is 2.22. The first kappa shape index (κ1) is 15.1. The second-order valence-electron chi connectivity index (χ2n) is 5.69. The first-order valence-electron chi connectivity index (χ1n) is 7.73. The molecule has 3 heteroatoms. The van der Waals surface area contributed by atoms with E-state index in [2.05, 4.69) is 11.4 Å². The van der Waals surface area contributed by atoms with Gasteiger partial charge in [-0.25, -0.2) is 4.79 Å². The lowest BCUT2D eigenvalue weighted by Gasteiger charge is -2.25. The molecule has 0 bridgehead atoms. The van der Waals surface area contributed by atoms with Crippen molar-refractivity contribution < 1.29 is 4.79 Å². The van der Waals surface area contributed by atoms with Gasteiger partial charge in [0.1, 0.15) is 0 Å². The molecule has 1 atom stereocenters. The minimum absolute atomic E-state index is 0.0108. The van der Waals surface area contributed by atoms with Crippen LogP contribution in [-0.2, 0) is 0 Å². The Kier molecular flexibility index (Phi) is 4.29. The number of amides is 2. The number of benzene rings is 3. The van der Waals surface area contributed by atoms with E-state index >= 15 is 0 Å². The van der Waals surface area contributed by atoms with Crippen LogP contribution < -0.4 is 5.32 Å². The Morgan fingerprint density at radius 2 is 1.57 bits per heavy atom. The lowest BCUT2D eigenvalue weighted by atomic mass is 10.1. The van der Waals surface area contributed by atoms with Gasteiger partial charge in [-0.2, -0.15) is 0 Å². The summed E-state index contributed by atoms with van der Waals surface area (Å²) in [7, 11) is 1.81. The summed E-state index contributed by atoms with van der Waals surface area (Å²) in [6.07, 6.45) is 0. The zero-order chi connectivity index (χ0) is 16.2. The van der Waals surface area contributed by atoms with E-state index in [-0.39, 0.29) is 12.1 Å². The summed E-state index contributed by atoms with van der Waals surface area (Å²) in [5, 5.41) is 5.25. The molecule has 23 heavy (non-hydrogen) atoms. The molecule has 0 saturated heterocycles. The van der Waals surface area contributed by atoms with Gasteiger partial charge >= 0.3 is 6.03 Å². The molecule has 2 amide bonds. The first-order chi connectivity index (χ1) is 11.1. The van der Waals surface area contributed by atoms with Crippen LogP contribution in [0.5, 0.6) is 0 Å². The average Bonchev–Trinajstić information content (AvgIpc) is 2.61. The van der Waals surface area contributed by atoms with Crippen LogP contribution >= 0.6 is 0 Å². The maximum atomic E-state index is 12.5. The van der Waals surface area contributed by atoms with Gasteiger partial charge in [-0.1, -0.05) is 60.7 Å². The van der Waals surface area contributed by atoms with Gasteiger partial charge in [0, 0.05) is 12.7 Å². The van der Waals surface area contributed by atoms with Gasteiger partial charge in [-0.15, -0.1) is 0 Å². The average molecular weight is 304 g/mol. The Labute approximate surface area is 136 Å². The number of nitrogens with one attached hydrogen (secondary N) is 1. The van der Waals surface area contributed by atoms with Crippen molar-refractivity contribution >= 4 is 22.5 Å². The van der Waals surface area contributed by atoms with Crippen molar-refractivity contribution in [2.45, 2.75) is 13.0 Å². The van der Waals surface area contributed by atoms with Crippen molar-refractivity contribution in [3.8, 4) is 0 Å². The number of carbonyl (C=O) groups excluding carboxylic acids is 1. The molecule has 0 saturated carbocycles. The third kappa shape index (κ3) is 3.34. The third-order valence-electron chi connectivity index (χ3n) is 4.18. The highest BCUT2D eigenvalue weighted by Gasteiger charge is 2.17. The molecular weight excluding hydrogens is 284 g/mol. The maximum absolute atomic E-state index is 12.5. The molecule has 3 aromatic rings. The Morgan fingerprint density at radius 1 is 0.913 bits per heavy atom. The molecule has 0 heterocycles. The van der Waals surface area contributed by atoms with Crippen molar-refractivity contribution in [2.24, 2.45) is 0 Å². The monoisotopic (exact) mass is 304 g/mol. The fourth-order valence-corrected chi connectivity index (χ4v) is 2.61. The minimum atomic E-state index is -0.114. The molecule has 1 N–H and O–H groups in total. The van der Waals surface area contributed by atoms with E-state index in [1.54, 1.807) is 4.90 Å². The van der Waals surface area contributed by atoms with E-state index in [9.17, 15) is 4.79 Å². The highest BCUT2D eigenvalue weighted by molar-refractivity contribution is 5.93. The molecular formula is C20H20N2O. The minimum Gasteiger partial charge on any atom is -0.321 e. The first-order valence-corrected chi connectivity index (χ1v) is 7.73. The van der Waals surface area contributed by atoms with Crippen molar-refractivity contribution in [1.29, 1.82) is 0 Å². The van der Waals surface area contributed by atoms with Gasteiger partial charge in [0.2, 0.25) is 0 Å². The molecule has 3 nitrogen and oxygen atoms in total. The van der Waals surface area contributed by atoms with Crippen LogP contribution in [0.15, 0.2) is 72.8 Å². The Morgan fingerprint density at radius 3 is 2.30 bits per heavy atom. The molecule has 0 radical (unpaired) electrons. The van der Waals surface area contributed by atoms with E-state index in [1.807, 2.05) is 80.7 Å². The second kappa shape index (κ2) is 6.53. The van der Waals surface area contributed by atoms with Gasteiger partial charge in [-0.3, -0.25) is 0 Å². The largest absolute Gasteiger partial charge is 0.322 e. The lowest BCUT2D eigenvalue weighted by molar-refractivity contribution is 0.208. The Balaban J connectivity index is 1.74. The fourth-order valence-electron chi connectivity index (χ4n) is 2.61. The summed E-state index contributed by atoms with van der Waals surface area (Å²) >= 11 is 0. The molecule has 0 aromatic heterocycles. The zero-order valence-electron chi connectivity index (χ0n) is 13.4. The zero-order valence-corrected chi connectivity index (χ0v) is 13.4. The van der Waals surface area contributed by atoms with E-state index < -0.39 is 0 Å². The van der Waals surface area contributed by atoms with Gasteiger partial charge in [0.25, 0.3) is 0 Å². The van der Waals surface area contributed by atoms with Crippen molar-refractivity contribution in [3.63, 3.8) is 0 Å².